The fourth-order valence-corrected chi connectivity index (χ4v) is 2.08. The van der Waals surface area contributed by atoms with Crippen molar-refractivity contribution < 1.29 is 9.47 Å². The molecule has 0 saturated carbocycles. The first-order valence-electron chi connectivity index (χ1n) is 7.01. The van der Waals surface area contributed by atoms with Crippen molar-refractivity contribution in [1.82, 2.24) is 0 Å². The maximum absolute atomic E-state index is 6.06. The van der Waals surface area contributed by atoms with Crippen LogP contribution >= 0.6 is 0 Å². The molecule has 0 heterocycles. The van der Waals surface area contributed by atoms with Crippen molar-refractivity contribution in [3.63, 3.8) is 0 Å². The largest absolute Gasteiger partial charge is 0.493 e. The van der Waals surface area contributed by atoms with E-state index < -0.39 is 0 Å². The van der Waals surface area contributed by atoms with Crippen molar-refractivity contribution in [3.05, 3.63) is 48.5 Å². The standard InChI is InChI=1S/C18H22O2/c1-5-19-16-12-8-6-10-14(16)15-11-7-9-13-17(15)20-18(2,3)4/h6-13H,5H2,1-4H3. The van der Waals surface area contributed by atoms with Crippen LogP contribution in [0.15, 0.2) is 48.5 Å². The zero-order chi connectivity index (χ0) is 14.6. The number of ether oxygens (including phenoxy) is 2. The molecule has 106 valence electrons. The Balaban J connectivity index is 2.48. The molecule has 0 spiro atoms. The first-order chi connectivity index (χ1) is 9.51. The molecule has 0 aliphatic heterocycles. The number of rotatable bonds is 4. The molecule has 2 aromatic rings. The summed E-state index contributed by atoms with van der Waals surface area (Å²) in [6.45, 7) is 8.81. The Bertz CT molecular complexity index is 568. The highest BCUT2D eigenvalue weighted by Crippen LogP contribution is 2.37. The van der Waals surface area contributed by atoms with Gasteiger partial charge in [-0.3, -0.25) is 0 Å². The Labute approximate surface area is 121 Å². The average Bonchev–Trinajstić information content (AvgIpc) is 2.39. The highest BCUT2D eigenvalue weighted by atomic mass is 16.5. The van der Waals surface area contributed by atoms with E-state index in [1.165, 1.54) is 0 Å². The van der Waals surface area contributed by atoms with Gasteiger partial charge in [-0.1, -0.05) is 36.4 Å². The molecule has 0 aliphatic carbocycles. The maximum atomic E-state index is 6.06. The predicted molar refractivity (Wildman–Crippen MR) is 83.4 cm³/mol. The van der Waals surface area contributed by atoms with Crippen LogP contribution in [0, 0.1) is 0 Å². The Morgan fingerprint density at radius 1 is 0.800 bits per heavy atom. The van der Waals surface area contributed by atoms with Gasteiger partial charge >= 0.3 is 0 Å². The molecule has 0 unspecified atom stereocenters. The van der Waals surface area contributed by atoms with E-state index in [9.17, 15) is 0 Å². The summed E-state index contributed by atoms with van der Waals surface area (Å²) in [6.07, 6.45) is 0. The number of hydrogen-bond donors (Lipinski definition) is 0. The van der Waals surface area contributed by atoms with Crippen LogP contribution in [-0.2, 0) is 0 Å². The van der Waals surface area contributed by atoms with E-state index >= 15 is 0 Å². The van der Waals surface area contributed by atoms with Gasteiger partial charge in [0.05, 0.1) is 6.61 Å². The van der Waals surface area contributed by atoms with Crippen LogP contribution in [0.2, 0.25) is 0 Å². The first kappa shape index (κ1) is 14.4. The second kappa shape index (κ2) is 6.00. The Kier molecular flexibility index (Phi) is 4.33. The summed E-state index contributed by atoms with van der Waals surface area (Å²) in [7, 11) is 0. The van der Waals surface area contributed by atoms with E-state index in [-0.39, 0.29) is 5.60 Å². The fourth-order valence-electron chi connectivity index (χ4n) is 2.08. The second-order valence-electron chi connectivity index (χ2n) is 5.64. The van der Waals surface area contributed by atoms with Gasteiger partial charge in [-0.2, -0.15) is 0 Å². The molecule has 0 atom stereocenters. The molecule has 2 rings (SSSR count). The Morgan fingerprint density at radius 3 is 1.85 bits per heavy atom. The first-order valence-corrected chi connectivity index (χ1v) is 7.01. The van der Waals surface area contributed by atoms with Crippen LogP contribution in [0.3, 0.4) is 0 Å². The molecule has 0 aromatic heterocycles. The Morgan fingerprint density at radius 2 is 1.30 bits per heavy atom. The summed E-state index contributed by atoms with van der Waals surface area (Å²) >= 11 is 0. The van der Waals surface area contributed by atoms with Crippen LogP contribution in [0.5, 0.6) is 11.5 Å². The van der Waals surface area contributed by atoms with Gasteiger partial charge in [-0.15, -0.1) is 0 Å². The summed E-state index contributed by atoms with van der Waals surface area (Å²) < 4.78 is 11.8. The molecule has 0 N–H and O–H groups in total. The van der Waals surface area contributed by atoms with Gasteiger partial charge in [0.15, 0.2) is 0 Å². The topological polar surface area (TPSA) is 18.5 Å². The van der Waals surface area contributed by atoms with E-state index in [2.05, 4.69) is 32.9 Å². The summed E-state index contributed by atoms with van der Waals surface area (Å²) in [5.41, 5.74) is 1.90. The summed E-state index contributed by atoms with van der Waals surface area (Å²) in [4.78, 5) is 0. The highest BCUT2D eigenvalue weighted by Gasteiger charge is 2.16. The zero-order valence-corrected chi connectivity index (χ0v) is 12.6. The van der Waals surface area contributed by atoms with Crippen molar-refractivity contribution >= 4 is 0 Å². The highest BCUT2D eigenvalue weighted by molar-refractivity contribution is 5.75. The molecule has 0 fully saturated rings. The minimum atomic E-state index is -0.226. The van der Waals surface area contributed by atoms with Crippen molar-refractivity contribution in [2.45, 2.75) is 33.3 Å². The van der Waals surface area contributed by atoms with E-state index in [1.807, 2.05) is 43.3 Å². The average molecular weight is 270 g/mol. The minimum absolute atomic E-state index is 0.226. The van der Waals surface area contributed by atoms with Gasteiger partial charge in [-0.25, -0.2) is 0 Å². The molecule has 0 saturated heterocycles. The summed E-state index contributed by atoms with van der Waals surface area (Å²) in [5, 5.41) is 0. The maximum Gasteiger partial charge on any atom is 0.128 e. The lowest BCUT2D eigenvalue weighted by Gasteiger charge is -2.23. The van der Waals surface area contributed by atoms with E-state index in [0.717, 1.165) is 22.6 Å². The van der Waals surface area contributed by atoms with Gasteiger partial charge < -0.3 is 9.47 Å². The third-order valence-electron chi connectivity index (χ3n) is 2.78. The third kappa shape index (κ3) is 3.53. The van der Waals surface area contributed by atoms with E-state index in [1.54, 1.807) is 0 Å². The quantitative estimate of drug-likeness (QED) is 0.784. The SMILES string of the molecule is CCOc1ccccc1-c1ccccc1OC(C)(C)C. The molecule has 2 heteroatoms. The van der Waals surface area contributed by atoms with Crippen molar-refractivity contribution in [2.24, 2.45) is 0 Å². The van der Waals surface area contributed by atoms with E-state index in [0.29, 0.717) is 6.61 Å². The van der Waals surface area contributed by atoms with Gasteiger partial charge in [0.25, 0.3) is 0 Å². The van der Waals surface area contributed by atoms with Gasteiger partial charge in [0.2, 0.25) is 0 Å². The number of benzene rings is 2. The van der Waals surface area contributed by atoms with Crippen molar-refractivity contribution in [2.75, 3.05) is 6.61 Å². The van der Waals surface area contributed by atoms with Crippen molar-refractivity contribution in [1.29, 1.82) is 0 Å². The summed E-state index contributed by atoms with van der Waals surface area (Å²) in [6, 6.07) is 16.2. The minimum Gasteiger partial charge on any atom is -0.493 e. The molecule has 2 aromatic carbocycles. The number of para-hydroxylation sites is 2. The second-order valence-corrected chi connectivity index (χ2v) is 5.64. The zero-order valence-electron chi connectivity index (χ0n) is 12.6. The van der Waals surface area contributed by atoms with Crippen LogP contribution in [0.4, 0.5) is 0 Å². The monoisotopic (exact) mass is 270 g/mol. The van der Waals surface area contributed by atoms with Crippen LogP contribution in [-0.4, -0.2) is 12.2 Å². The van der Waals surface area contributed by atoms with Crippen molar-refractivity contribution in [3.8, 4) is 22.6 Å². The van der Waals surface area contributed by atoms with Crippen LogP contribution in [0.25, 0.3) is 11.1 Å². The normalized spacial score (nSPS) is 11.2. The third-order valence-corrected chi connectivity index (χ3v) is 2.78. The molecule has 0 aliphatic rings. The van der Waals surface area contributed by atoms with E-state index in [4.69, 9.17) is 9.47 Å². The van der Waals surface area contributed by atoms with Crippen LogP contribution < -0.4 is 9.47 Å². The lowest BCUT2D eigenvalue weighted by Crippen LogP contribution is -2.23. The van der Waals surface area contributed by atoms with Crippen LogP contribution in [0.1, 0.15) is 27.7 Å². The molecule has 0 amide bonds. The smallest absolute Gasteiger partial charge is 0.128 e. The lowest BCUT2D eigenvalue weighted by molar-refractivity contribution is 0.131. The lowest BCUT2D eigenvalue weighted by atomic mass is 10.0. The molecule has 0 radical (unpaired) electrons. The molecule has 2 nitrogen and oxygen atoms in total. The molecular formula is C18H22O2. The van der Waals surface area contributed by atoms with Gasteiger partial charge in [-0.05, 0) is 39.8 Å². The van der Waals surface area contributed by atoms with Gasteiger partial charge in [0, 0.05) is 11.1 Å². The molecule has 0 bridgehead atoms. The molecule has 20 heavy (non-hydrogen) atoms. The summed E-state index contributed by atoms with van der Waals surface area (Å²) in [5.74, 6) is 1.77. The predicted octanol–water partition coefficient (Wildman–Crippen LogP) is 4.93. The molecular weight excluding hydrogens is 248 g/mol. The van der Waals surface area contributed by atoms with Gasteiger partial charge in [0.1, 0.15) is 17.1 Å². The Hall–Kier alpha value is -1.96. The number of hydrogen-bond acceptors (Lipinski definition) is 2. The fraction of sp³-hybridized carbons (Fsp3) is 0.333.